The van der Waals surface area contributed by atoms with Crippen molar-refractivity contribution in [2.45, 2.75) is 50.5 Å². The van der Waals surface area contributed by atoms with Crippen LogP contribution >= 0.6 is 0 Å². The number of unbranched alkanes of at least 4 members (excludes halogenated alkanes) is 2. The fourth-order valence-corrected chi connectivity index (χ4v) is 5.31. The van der Waals surface area contributed by atoms with Crippen LogP contribution in [-0.4, -0.2) is 97.0 Å². The predicted octanol–water partition coefficient (Wildman–Crippen LogP) is 3.17. The summed E-state index contributed by atoms with van der Waals surface area (Å²) in [5, 5.41) is 6.86. The Bertz CT molecular complexity index is 1280. The van der Waals surface area contributed by atoms with Gasteiger partial charge in [0.15, 0.2) is 0 Å². The van der Waals surface area contributed by atoms with Gasteiger partial charge in [0.2, 0.25) is 17.7 Å². The minimum Gasteiger partial charge on any atom is -0.480 e. The third kappa shape index (κ3) is 7.79. The molecule has 1 aliphatic rings. The maximum atomic E-state index is 12.9. The van der Waals surface area contributed by atoms with E-state index >= 15 is 0 Å². The van der Waals surface area contributed by atoms with Gasteiger partial charge in [-0.25, -0.2) is 9.97 Å². The van der Waals surface area contributed by atoms with Crippen molar-refractivity contribution in [3.8, 4) is 17.1 Å². The van der Waals surface area contributed by atoms with Crippen LogP contribution in [0.4, 0.5) is 0 Å². The van der Waals surface area contributed by atoms with Crippen molar-refractivity contribution in [3.63, 3.8) is 0 Å². The first-order valence-corrected chi connectivity index (χ1v) is 14.2. The summed E-state index contributed by atoms with van der Waals surface area (Å²) >= 11 is 0. The maximum absolute atomic E-state index is 12.9. The molecule has 1 aromatic carbocycles. The molecule has 1 aliphatic heterocycles. The number of aromatic amines is 1. The molecule has 0 saturated carbocycles. The van der Waals surface area contributed by atoms with E-state index in [0.29, 0.717) is 31.4 Å². The molecule has 1 saturated heterocycles. The third-order valence-corrected chi connectivity index (χ3v) is 7.78. The number of amides is 2. The number of ether oxygens (including phenoxy) is 1. The Morgan fingerprint density at radius 3 is 2.77 bits per heavy atom. The highest BCUT2D eigenvalue weighted by Crippen LogP contribution is 2.32. The number of nitrogens with zero attached hydrogens (tertiary/aromatic N) is 4. The van der Waals surface area contributed by atoms with E-state index in [-0.39, 0.29) is 17.7 Å². The number of nitrogens with one attached hydrogen (secondary N) is 3. The van der Waals surface area contributed by atoms with Crippen LogP contribution in [-0.2, 0) is 9.59 Å². The molecule has 2 unspecified atom stereocenters. The molecule has 10 nitrogen and oxygen atoms in total. The van der Waals surface area contributed by atoms with Crippen LogP contribution in [0.5, 0.6) is 5.88 Å². The minimum absolute atomic E-state index is 0.0187. The largest absolute Gasteiger partial charge is 0.480 e. The van der Waals surface area contributed by atoms with Crippen molar-refractivity contribution < 1.29 is 14.3 Å². The first kappa shape index (κ1) is 29.5. The lowest BCUT2D eigenvalue weighted by atomic mass is 9.99. The van der Waals surface area contributed by atoms with Crippen LogP contribution in [0, 0.1) is 0 Å². The standard InChI is InChI=1S/C30H43N7O3/c1-31-27(38)13-7-5-6-11-22(17-32-28(39)20-37-15-14-23(19-37)36(2)3)29-33-18-26(34-29)24-16-21-10-8-9-12-25(21)35-30(24)40-4/h8-10,12,16,18,22-23H,5-7,11,13-15,17,19-20H2,1-4H3,(H,31,38)(H,32,39)(H,33,34). The SMILES string of the molecule is CNC(=O)CCCCCC(CNC(=O)CN1CCC(N(C)C)C1)c1ncc(-c2cc3ccccc3nc2OC)[nH]1. The lowest BCUT2D eigenvalue weighted by Gasteiger charge is -2.21. The zero-order valence-electron chi connectivity index (χ0n) is 24.2. The Hall–Kier alpha value is -3.50. The van der Waals surface area contributed by atoms with Crippen molar-refractivity contribution >= 4 is 22.7 Å². The number of pyridine rings is 1. The highest BCUT2D eigenvalue weighted by atomic mass is 16.5. The molecule has 0 spiro atoms. The smallest absolute Gasteiger partial charge is 0.234 e. The molecule has 3 heterocycles. The Morgan fingerprint density at radius 2 is 2.02 bits per heavy atom. The number of para-hydroxylation sites is 1. The molecule has 2 amide bonds. The van der Waals surface area contributed by atoms with Gasteiger partial charge in [0.25, 0.3) is 0 Å². The van der Waals surface area contributed by atoms with Crippen molar-refractivity contribution in [3.05, 3.63) is 42.4 Å². The fraction of sp³-hybridized carbons (Fsp3) is 0.533. The summed E-state index contributed by atoms with van der Waals surface area (Å²) in [6.45, 7) is 2.76. The number of carbonyl (C=O) groups excluding carboxylic acids is 2. The molecule has 40 heavy (non-hydrogen) atoms. The first-order valence-electron chi connectivity index (χ1n) is 14.2. The summed E-state index contributed by atoms with van der Waals surface area (Å²) in [5.74, 6) is 1.48. The third-order valence-electron chi connectivity index (χ3n) is 7.78. The molecule has 2 atom stereocenters. The van der Waals surface area contributed by atoms with E-state index in [9.17, 15) is 9.59 Å². The molecule has 0 bridgehead atoms. The molecule has 4 rings (SSSR count). The molecule has 1 fully saturated rings. The first-order chi connectivity index (χ1) is 19.4. The highest BCUT2D eigenvalue weighted by Gasteiger charge is 2.26. The van der Waals surface area contributed by atoms with Crippen LogP contribution in [0.25, 0.3) is 22.2 Å². The Morgan fingerprint density at radius 1 is 1.20 bits per heavy atom. The van der Waals surface area contributed by atoms with Crippen LogP contribution in [0.15, 0.2) is 36.5 Å². The molecule has 3 aromatic rings. The van der Waals surface area contributed by atoms with Crippen LogP contribution in [0.3, 0.4) is 0 Å². The maximum Gasteiger partial charge on any atom is 0.234 e. The average Bonchev–Trinajstić information content (AvgIpc) is 3.64. The second kappa shape index (κ2) is 14.2. The van der Waals surface area contributed by atoms with Gasteiger partial charge in [0, 0.05) is 50.4 Å². The lowest BCUT2D eigenvalue weighted by Crippen LogP contribution is -2.39. The van der Waals surface area contributed by atoms with E-state index in [1.54, 1.807) is 14.2 Å². The number of likely N-dealkylation sites (N-methyl/N-ethyl adjacent to an activating group) is 1. The summed E-state index contributed by atoms with van der Waals surface area (Å²) in [7, 11) is 7.47. The molecule has 0 radical (unpaired) electrons. The minimum atomic E-state index is 0.0187. The number of methoxy groups -OCH3 is 1. The van der Waals surface area contributed by atoms with Gasteiger partial charge >= 0.3 is 0 Å². The van der Waals surface area contributed by atoms with Crippen molar-refractivity contribution in [1.29, 1.82) is 0 Å². The normalized spacial score (nSPS) is 16.4. The topological polar surface area (TPSA) is 115 Å². The van der Waals surface area contributed by atoms with Gasteiger partial charge in [0.1, 0.15) is 5.82 Å². The molecule has 216 valence electrons. The summed E-state index contributed by atoms with van der Waals surface area (Å²) in [6, 6.07) is 10.5. The number of imidazole rings is 1. The van der Waals surface area contributed by atoms with Crippen LogP contribution < -0.4 is 15.4 Å². The average molecular weight is 550 g/mol. The van der Waals surface area contributed by atoms with Gasteiger partial charge in [-0.1, -0.05) is 31.0 Å². The summed E-state index contributed by atoms with van der Waals surface area (Å²) < 4.78 is 5.61. The number of aromatic nitrogens is 3. The highest BCUT2D eigenvalue weighted by molar-refractivity contribution is 5.85. The van der Waals surface area contributed by atoms with Crippen molar-refractivity contribution in [2.24, 2.45) is 0 Å². The molecular formula is C30H43N7O3. The van der Waals surface area contributed by atoms with Crippen molar-refractivity contribution in [2.75, 3.05) is 54.4 Å². The van der Waals surface area contributed by atoms with Gasteiger partial charge in [-0.2, -0.15) is 0 Å². The Labute approximate surface area is 236 Å². The number of carbonyl (C=O) groups is 2. The van der Waals surface area contributed by atoms with E-state index in [1.807, 2.05) is 30.5 Å². The summed E-state index contributed by atoms with van der Waals surface area (Å²) in [4.78, 5) is 41.8. The van der Waals surface area contributed by atoms with E-state index in [0.717, 1.165) is 73.2 Å². The zero-order valence-corrected chi connectivity index (χ0v) is 24.2. The second-order valence-electron chi connectivity index (χ2n) is 10.8. The van der Waals surface area contributed by atoms with Gasteiger partial charge in [-0.15, -0.1) is 0 Å². The number of hydrogen-bond acceptors (Lipinski definition) is 7. The fourth-order valence-electron chi connectivity index (χ4n) is 5.31. The van der Waals surface area contributed by atoms with Crippen LogP contribution in [0.1, 0.15) is 50.3 Å². The molecule has 10 heteroatoms. The van der Waals surface area contributed by atoms with E-state index in [4.69, 9.17) is 9.72 Å². The molecule has 3 N–H and O–H groups in total. The van der Waals surface area contributed by atoms with E-state index < -0.39 is 0 Å². The predicted molar refractivity (Wildman–Crippen MR) is 157 cm³/mol. The van der Waals surface area contributed by atoms with Gasteiger partial charge in [-0.05, 0) is 45.5 Å². The van der Waals surface area contributed by atoms with Crippen LogP contribution in [0.2, 0.25) is 0 Å². The van der Waals surface area contributed by atoms with Gasteiger partial charge < -0.3 is 25.3 Å². The summed E-state index contributed by atoms with van der Waals surface area (Å²) in [5.41, 5.74) is 2.54. The van der Waals surface area contributed by atoms with Gasteiger partial charge in [-0.3, -0.25) is 14.5 Å². The number of rotatable bonds is 14. The Kier molecular flexibility index (Phi) is 10.5. The number of benzene rings is 1. The number of likely N-dealkylation sites (tertiary alicyclic amines) is 1. The zero-order chi connectivity index (χ0) is 28.5. The number of fused-ring (bicyclic) bond motifs is 1. The number of hydrogen-bond donors (Lipinski definition) is 3. The molecule has 2 aromatic heterocycles. The molecular weight excluding hydrogens is 506 g/mol. The quantitative estimate of drug-likeness (QED) is 0.265. The summed E-state index contributed by atoms with van der Waals surface area (Å²) in [6.07, 6.45) is 6.99. The van der Waals surface area contributed by atoms with Gasteiger partial charge in [0.05, 0.1) is 36.6 Å². The van der Waals surface area contributed by atoms with Crippen molar-refractivity contribution in [1.82, 2.24) is 35.4 Å². The molecule has 0 aliphatic carbocycles. The monoisotopic (exact) mass is 549 g/mol. The van der Waals surface area contributed by atoms with E-state index in [2.05, 4.69) is 50.6 Å². The second-order valence-corrected chi connectivity index (χ2v) is 10.8. The Balaban J connectivity index is 1.44. The lowest BCUT2D eigenvalue weighted by molar-refractivity contribution is -0.122. The van der Waals surface area contributed by atoms with E-state index in [1.165, 1.54) is 0 Å². The number of H-pyrrole nitrogens is 1.